The molecule has 0 radical (unpaired) electrons. The van der Waals surface area contributed by atoms with E-state index in [0.29, 0.717) is 11.3 Å². The van der Waals surface area contributed by atoms with Crippen LogP contribution in [0.15, 0.2) is 12.1 Å². The molecule has 0 aliphatic rings. The lowest BCUT2D eigenvalue weighted by molar-refractivity contribution is 0.363. The minimum absolute atomic E-state index is 0.0510. The summed E-state index contributed by atoms with van der Waals surface area (Å²) in [5.41, 5.74) is 0.671. The summed E-state index contributed by atoms with van der Waals surface area (Å²) in [6.07, 6.45) is 0.809. The van der Waals surface area contributed by atoms with Gasteiger partial charge >= 0.3 is 0 Å². The van der Waals surface area contributed by atoms with Crippen LogP contribution in [0.4, 0.5) is 8.78 Å². The number of nitrogens with zero attached hydrogens (tertiary/aromatic N) is 2. The van der Waals surface area contributed by atoms with Gasteiger partial charge in [0.1, 0.15) is 11.3 Å². The summed E-state index contributed by atoms with van der Waals surface area (Å²) in [5, 5.41) is 0. The predicted octanol–water partition coefficient (Wildman–Crippen LogP) is 4.66. The van der Waals surface area contributed by atoms with Crippen LogP contribution in [0.3, 0.4) is 0 Å². The molecule has 5 heteroatoms. The standard InChI is InChI=1S/C14H17ClF2N2/c1-4-11(8(2)3)19-12(7-15)18-10-6-5-9(16)13(17)14(10)19/h5-6,8,11H,4,7H2,1-3H3. The van der Waals surface area contributed by atoms with Crippen LogP contribution in [-0.4, -0.2) is 9.55 Å². The molecule has 0 fully saturated rings. The quantitative estimate of drug-likeness (QED) is 0.748. The van der Waals surface area contributed by atoms with Gasteiger partial charge in [0.05, 0.1) is 11.4 Å². The third-order valence-corrected chi connectivity index (χ3v) is 3.69. The number of fused-ring (bicyclic) bond motifs is 1. The Hall–Kier alpha value is -1.16. The first-order valence-electron chi connectivity index (χ1n) is 6.42. The molecule has 1 unspecified atom stereocenters. The number of benzene rings is 1. The molecule has 19 heavy (non-hydrogen) atoms. The number of halogens is 3. The fourth-order valence-electron chi connectivity index (χ4n) is 2.57. The van der Waals surface area contributed by atoms with E-state index in [0.717, 1.165) is 12.5 Å². The van der Waals surface area contributed by atoms with Crippen LogP contribution < -0.4 is 0 Å². The SMILES string of the molecule is CCC(C(C)C)n1c(CCl)nc2ccc(F)c(F)c21. The van der Waals surface area contributed by atoms with E-state index in [2.05, 4.69) is 18.8 Å². The predicted molar refractivity (Wildman–Crippen MR) is 73.4 cm³/mol. The number of imidazole rings is 1. The molecule has 1 aromatic heterocycles. The summed E-state index contributed by atoms with van der Waals surface area (Å²) >= 11 is 5.90. The van der Waals surface area contributed by atoms with Crippen molar-refractivity contribution in [1.82, 2.24) is 9.55 Å². The molecule has 0 N–H and O–H groups in total. The molecule has 0 saturated heterocycles. The van der Waals surface area contributed by atoms with E-state index in [4.69, 9.17) is 11.6 Å². The van der Waals surface area contributed by atoms with Crippen LogP contribution in [0.5, 0.6) is 0 Å². The van der Waals surface area contributed by atoms with Crippen molar-refractivity contribution in [3.63, 3.8) is 0 Å². The van der Waals surface area contributed by atoms with Gasteiger partial charge in [-0.3, -0.25) is 0 Å². The van der Waals surface area contributed by atoms with Crippen molar-refractivity contribution in [2.24, 2.45) is 5.92 Å². The Bertz CT molecular complexity index is 593. The van der Waals surface area contributed by atoms with Gasteiger partial charge in [-0.25, -0.2) is 13.8 Å². The van der Waals surface area contributed by atoms with Crippen molar-refractivity contribution >= 4 is 22.6 Å². The summed E-state index contributed by atoms with van der Waals surface area (Å²) in [7, 11) is 0. The van der Waals surface area contributed by atoms with Crippen molar-refractivity contribution < 1.29 is 8.78 Å². The molecule has 2 rings (SSSR count). The van der Waals surface area contributed by atoms with Crippen molar-refractivity contribution in [2.75, 3.05) is 0 Å². The minimum Gasteiger partial charge on any atom is -0.321 e. The van der Waals surface area contributed by atoms with Gasteiger partial charge in [0.15, 0.2) is 11.6 Å². The summed E-state index contributed by atoms with van der Waals surface area (Å²) in [6, 6.07) is 2.64. The average molecular weight is 287 g/mol. The van der Waals surface area contributed by atoms with Crippen LogP contribution in [-0.2, 0) is 5.88 Å². The molecule has 1 atom stereocenters. The van der Waals surface area contributed by atoms with Crippen molar-refractivity contribution in [1.29, 1.82) is 0 Å². The van der Waals surface area contributed by atoms with Gasteiger partial charge in [0.2, 0.25) is 0 Å². The normalized spacial score (nSPS) is 13.4. The highest BCUT2D eigenvalue weighted by molar-refractivity contribution is 6.16. The molecule has 1 heterocycles. The molecule has 104 valence electrons. The molecular formula is C14H17ClF2N2. The molecule has 0 spiro atoms. The van der Waals surface area contributed by atoms with Crippen LogP contribution in [0.1, 0.15) is 39.1 Å². The van der Waals surface area contributed by atoms with Gasteiger partial charge < -0.3 is 4.57 Å². The molecule has 1 aromatic carbocycles. The molecule has 2 aromatic rings. The van der Waals surface area contributed by atoms with Gasteiger partial charge in [0, 0.05) is 6.04 Å². The Morgan fingerprint density at radius 3 is 2.53 bits per heavy atom. The lowest BCUT2D eigenvalue weighted by atomic mass is 10.0. The van der Waals surface area contributed by atoms with E-state index >= 15 is 0 Å². The van der Waals surface area contributed by atoms with E-state index in [9.17, 15) is 8.78 Å². The maximum absolute atomic E-state index is 14.1. The molecule has 0 aliphatic carbocycles. The summed E-state index contributed by atoms with van der Waals surface area (Å²) in [5.74, 6) is -0.651. The summed E-state index contributed by atoms with van der Waals surface area (Å²) in [4.78, 5) is 4.31. The number of hydrogen-bond acceptors (Lipinski definition) is 1. The lowest BCUT2D eigenvalue weighted by Gasteiger charge is -2.23. The van der Waals surface area contributed by atoms with Gasteiger partial charge in [0.25, 0.3) is 0 Å². The minimum atomic E-state index is -0.853. The Morgan fingerprint density at radius 2 is 2.00 bits per heavy atom. The topological polar surface area (TPSA) is 17.8 Å². The second-order valence-electron chi connectivity index (χ2n) is 4.98. The molecular weight excluding hydrogens is 270 g/mol. The van der Waals surface area contributed by atoms with E-state index in [-0.39, 0.29) is 23.4 Å². The Balaban J connectivity index is 2.79. The maximum atomic E-state index is 14.1. The summed E-state index contributed by atoms with van der Waals surface area (Å²) in [6.45, 7) is 6.12. The third kappa shape index (κ3) is 2.34. The first-order chi connectivity index (χ1) is 9.01. The van der Waals surface area contributed by atoms with Crippen molar-refractivity contribution in [3.8, 4) is 0 Å². The zero-order valence-corrected chi connectivity index (χ0v) is 12.0. The van der Waals surface area contributed by atoms with E-state index in [1.807, 2.05) is 6.92 Å². The zero-order chi connectivity index (χ0) is 14.2. The molecule has 0 saturated carbocycles. The maximum Gasteiger partial charge on any atom is 0.184 e. The highest BCUT2D eigenvalue weighted by Gasteiger charge is 2.23. The number of aromatic nitrogens is 2. The number of alkyl halides is 1. The average Bonchev–Trinajstić information content (AvgIpc) is 2.74. The molecule has 0 bridgehead atoms. The highest BCUT2D eigenvalue weighted by Crippen LogP contribution is 2.31. The number of rotatable bonds is 4. The first-order valence-corrected chi connectivity index (χ1v) is 6.95. The third-order valence-electron chi connectivity index (χ3n) is 3.46. The van der Waals surface area contributed by atoms with Gasteiger partial charge in [-0.1, -0.05) is 20.8 Å². The molecule has 0 aliphatic heterocycles. The fourth-order valence-corrected chi connectivity index (χ4v) is 2.76. The Morgan fingerprint density at radius 1 is 1.32 bits per heavy atom. The molecule has 2 nitrogen and oxygen atoms in total. The number of hydrogen-bond donors (Lipinski definition) is 0. The zero-order valence-electron chi connectivity index (χ0n) is 11.3. The van der Waals surface area contributed by atoms with E-state index in [1.54, 1.807) is 4.57 Å². The van der Waals surface area contributed by atoms with Crippen LogP contribution in [0.2, 0.25) is 0 Å². The van der Waals surface area contributed by atoms with Crippen molar-refractivity contribution in [3.05, 3.63) is 29.6 Å². The van der Waals surface area contributed by atoms with Gasteiger partial charge in [-0.15, -0.1) is 11.6 Å². The lowest BCUT2D eigenvalue weighted by Crippen LogP contribution is -2.17. The van der Waals surface area contributed by atoms with Gasteiger partial charge in [-0.2, -0.15) is 0 Å². The fraction of sp³-hybridized carbons (Fsp3) is 0.500. The highest BCUT2D eigenvalue weighted by atomic mass is 35.5. The van der Waals surface area contributed by atoms with Crippen LogP contribution in [0.25, 0.3) is 11.0 Å². The second-order valence-corrected chi connectivity index (χ2v) is 5.25. The molecule has 0 amide bonds. The first kappa shape index (κ1) is 14.3. The second kappa shape index (κ2) is 5.45. The van der Waals surface area contributed by atoms with Gasteiger partial charge in [-0.05, 0) is 24.5 Å². The Labute approximate surface area is 116 Å². The van der Waals surface area contributed by atoms with Crippen molar-refractivity contribution in [2.45, 2.75) is 39.1 Å². The monoisotopic (exact) mass is 286 g/mol. The smallest absolute Gasteiger partial charge is 0.184 e. The van der Waals surface area contributed by atoms with E-state index < -0.39 is 11.6 Å². The largest absolute Gasteiger partial charge is 0.321 e. The van der Waals surface area contributed by atoms with Crippen LogP contribution >= 0.6 is 11.6 Å². The van der Waals surface area contributed by atoms with Crippen LogP contribution in [0, 0.1) is 17.6 Å². The summed E-state index contributed by atoms with van der Waals surface area (Å²) < 4.78 is 29.3. The van der Waals surface area contributed by atoms with E-state index in [1.165, 1.54) is 6.07 Å². The Kier molecular flexibility index (Phi) is 4.09.